The second-order valence-corrected chi connectivity index (χ2v) is 8.19. The minimum atomic E-state index is -0.402. The van der Waals surface area contributed by atoms with Crippen molar-refractivity contribution in [2.45, 2.75) is 19.3 Å². The number of amides is 2. The molecule has 1 aromatic heterocycles. The summed E-state index contributed by atoms with van der Waals surface area (Å²) in [6, 6.07) is 13.0. The first kappa shape index (κ1) is 20.8. The first-order chi connectivity index (χ1) is 15.0. The molecule has 2 amide bonds. The fourth-order valence-corrected chi connectivity index (χ4v) is 4.43. The van der Waals surface area contributed by atoms with Gasteiger partial charge in [-0.25, -0.2) is 0 Å². The number of rotatable bonds is 6. The zero-order valence-corrected chi connectivity index (χ0v) is 18.2. The lowest BCUT2D eigenvalue weighted by molar-refractivity contribution is -0.117. The SMILES string of the molecule is COc1cccc(OC)c1C(=O)Nc1nnc(C2CC(=O)N(c3cccc(C)c3)C2)s1. The summed E-state index contributed by atoms with van der Waals surface area (Å²) in [5, 5.41) is 12.2. The molecule has 0 saturated carbocycles. The molecule has 0 radical (unpaired) electrons. The van der Waals surface area contributed by atoms with Crippen LogP contribution in [0.2, 0.25) is 0 Å². The van der Waals surface area contributed by atoms with E-state index in [2.05, 4.69) is 15.5 Å². The maximum Gasteiger partial charge on any atom is 0.265 e. The van der Waals surface area contributed by atoms with Gasteiger partial charge >= 0.3 is 0 Å². The van der Waals surface area contributed by atoms with Gasteiger partial charge in [0.05, 0.1) is 14.2 Å². The van der Waals surface area contributed by atoms with E-state index < -0.39 is 5.91 Å². The van der Waals surface area contributed by atoms with Crippen LogP contribution in [0.15, 0.2) is 42.5 Å². The molecular weight excluding hydrogens is 416 g/mol. The van der Waals surface area contributed by atoms with Crippen LogP contribution in [0.1, 0.15) is 33.3 Å². The monoisotopic (exact) mass is 438 g/mol. The molecule has 2 aromatic carbocycles. The van der Waals surface area contributed by atoms with Gasteiger partial charge in [0, 0.05) is 24.6 Å². The molecule has 1 N–H and O–H groups in total. The number of benzene rings is 2. The number of anilines is 2. The van der Waals surface area contributed by atoms with E-state index in [4.69, 9.17) is 9.47 Å². The average Bonchev–Trinajstić information content (AvgIpc) is 3.39. The molecule has 3 aromatic rings. The lowest BCUT2D eigenvalue weighted by Gasteiger charge is -2.16. The Hall–Kier alpha value is -3.46. The van der Waals surface area contributed by atoms with Gasteiger partial charge in [-0.05, 0) is 36.8 Å². The maximum atomic E-state index is 12.8. The molecule has 0 spiro atoms. The molecule has 8 nitrogen and oxygen atoms in total. The summed E-state index contributed by atoms with van der Waals surface area (Å²) >= 11 is 1.27. The number of aryl methyl sites for hydroxylation is 1. The molecule has 1 atom stereocenters. The first-order valence-corrected chi connectivity index (χ1v) is 10.5. The smallest absolute Gasteiger partial charge is 0.265 e. The second kappa shape index (κ2) is 8.73. The van der Waals surface area contributed by atoms with Gasteiger partial charge in [0.1, 0.15) is 22.1 Å². The van der Waals surface area contributed by atoms with Crippen molar-refractivity contribution in [3.8, 4) is 11.5 Å². The zero-order valence-electron chi connectivity index (χ0n) is 17.4. The third-order valence-electron chi connectivity index (χ3n) is 5.10. The van der Waals surface area contributed by atoms with E-state index in [0.29, 0.717) is 34.6 Å². The number of methoxy groups -OCH3 is 2. The topological polar surface area (TPSA) is 93.6 Å². The van der Waals surface area contributed by atoms with Crippen LogP contribution in [0.5, 0.6) is 11.5 Å². The third kappa shape index (κ3) is 4.22. The Bertz CT molecular complexity index is 1110. The predicted molar refractivity (Wildman–Crippen MR) is 118 cm³/mol. The Morgan fingerprint density at radius 3 is 2.52 bits per heavy atom. The van der Waals surface area contributed by atoms with Crippen LogP contribution in [-0.4, -0.2) is 42.8 Å². The van der Waals surface area contributed by atoms with Crippen LogP contribution in [0.25, 0.3) is 0 Å². The van der Waals surface area contributed by atoms with Gasteiger partial charge in [-0.1, -0.05) is 29.5 Å². The Morgan fingerprint density at radius 2 is 1.84 bits per heavy atom. The number of hydrogen-bond donors (Lipinski definition) is 1. The minimum absolute atomic E-state index is 0.0511. The van der Waals surface area contributed by atoms with Gasteiger partial charge in [-0.15, -0.1) is 10.2 Å². The van der Waals surface area contributed by atoms with Crippen molar-refractivity contribution in [1.82, 2.24) is 10.2 Å². The zero-order chi connectivity index (χ0) is 22.0. The quantitative estimate of drug-likeness (QED) is 0.632. The number of carbonyl (C=O) groups is 2. The van der Waals surface area contributed by atoms with E-state index in [-0.39, 0.29) is 17.4 Å². The molecule has 1 aliphatic heterocycles. The number of ether oxygens (including phenoxy) is 2. The lowest BCUT2D eigenvalue weighted by atomic mass is 10.1. The Kier molecular flexibility index (Phi) is 5.85. The first-order valence-electron chi connectivity index (χ1n) is 9.73. The molecule has 31 heavy (non-hydrogen) atoms. The van der Waals surface area contributed by atoms with E-state index in [1.165, 1.54) is 25.6 Å². The Labute approximate surface area is 183 Å². The Morgan fingerprint density at radius 1 is 1.13 bits per heavy atom. The fourth-order valence-electron chi connectivity index (χ4n) is 3.60. The van der Waals surface area contributed by atoms with Gasteiger partial charge in [-0.2, -0.15) is 0 Å². The van der Waals surface area contributed by atoms with Crippen molar-refractivity contribution < 1.29 is 19.1 Å². The van der Waals surface area contributed by atoms with E-state index >= 15 is 0 Å². The van der Waals surface area contributed by atoms with Crippen molar-refractivity contribution in [3.05, 3.63) is 58.6 Å². The van der Waals surface area contributed by atoms with Crippen molar-refractivity contribution in [3.63, 3.8) is 0 Å². The van der Waals surface area contributed by atoms with Crippen molar-refractivity contribution in [2.24, 2.45) is 0 Å². The summed E-state index contributed by atoms with van der Waals surface area (Å²) in [5.74, 6) is 0.376. The molecule has 0 aliphatic carbocycles. The number of hydrogen-bond acceptors (Lipinski definition) is 7. The van der Waals surface area contributed by atoms with Gasteiger partial charge < -0.3 is 14.4 Å². The average molecular weight is 439 g/mol. The van der Waals surface area contributed by atoms with Crippen molar-refractivity contribution >= 4 is 34.0 Å². The van der Waals surface area contributed by atoms with Crippen LogP contribution in [0.4, 0.5) is 10.8 Å². The highest BCUT2D eigenvalue weighted by atomic mass is 32.1. The van der Waals surface area contributed by atoms with Crippen molar-refractivity contribution in [2.75, 3.05) is 31.0 Å². The third-order valence-corrected chi connectivity index (χ3v) is 6.10. The molecular formula is C22H22N4O4S. The van der Waals surface area contributed by atoms with Crippen LogP contribution >= 0.6 is 11.3 Å². The van der Waals surface area contributed by atoms with Gasteiger partial charge in [0.15, 0.2) is 0 Å². The van der Waals surface area contributed by atoms with E-state index in [0.717, 1.165) is 11.3 Å². The molecule has 1 aliphatic rings. The molecule has 1 saturated heterocycles. The molecule has 1 unspecified atom stereocenters. The summed E-state index contributed by atoms with van der Waals surface area (Å²) in [7, 11) is 2.98. The molecule has 160 valence electrons. The highest BCUT2D eigenvalue weighted by molar-refractivity contribution is 7.15. The Balaban J connectivity index is 1.49. The summed E-state index contributed by atoms with van der Waals surface area (Å²) < 4.78 is 10.6. The predicted octanol–water partition coefficient (Wildman–Crippen LogP) is 3.64. The lowest BCUT2D eigenvalue weighted by Crippen LogP contribution is -2.24. The highest BCUT2D eigenvalue weighted by Crippen LogP contribution is 2.35. The summed E-state index contributed by atoms with van der Waals surface area (Å²) in [4.78, 5) is 27.2. The molecule has 0 bridgehead atoms. The van der Waals surface area contributed by atoms with Crippen LogP contribution < -0.4 is 19.7 Å². The number of carbonyl (C=O) groups excluding carboxylic acids is 2. The standard InChI is InChI=1S/C22H22N4O4S/c1-13-6-4-7-15(10-13)26-12-14(11-18(26)27)21-24-25-22(31-21)23-20(28)19-16(29-2)8-5-9-17(19)30-3/h4-10,14H,11-12H2,1-3H3,(H,23,25,28). The molecule has 4 rings (SSSR count). The van der Waals surface area contributed by atoms with E-state index in [1.807, 2.05) is 31.2 Å². The van der Waals surface area contributed by atoms with Crippen LogP contribution in [0.3, 0.4) is 0 Å². The largest absolute Gasteiger partial charge is 0.496 e. The van der Waals surface area contributed by atoms with Gasteiger partial charge in [0.2, 0.25) is 11.0 Å². The number of nitrogens with one attached hydrogen (secondary N) is 1. The number of aromatic nitrogens is 2. The fraction of sp³-hybridized carbons (Fsp3) is 0.273. The van der Waals surface area contributed by atoms with E-state index in [9.17, 15) is 9.59 Å². The van der Waals surface area contributed by atoms with E-state index in [1.54, 1.807) is 23.1 Å². The van der Waals surface area contributed by atoms with Gasteiger partial charge in [0.25, 0.3) is 5.91 Å². The highest BCUT2D eigenvalue weighted by Gasteiger charge is 2.34. The van der Waals surface area contributed by atoms with Gasteiger partial charge in [-0.3, -0.25) is 14.9 Å². The molecule has 9 heteroatoms. The normalized spacial score (nSPS) is 15.8. The van der Waals surface area contributed by atoms with Crippen LogP contribution in [-0.2, 0) is 4.79 Å². The van der Waals surface area contributed by atoms with Crippen molar-refractivity contribution in [1.29, 1.82) is 0 Å². The minimum Gasteiger partial charge on any atom is -0.496 e. The second-order valence-electron chi connectivity index (χ2n) is 7.18. The summed E-state index contributed by atoms with van der Waals surface area (Å²) in [5.41, 5.74) is 2.26. The molecule has 1 fully saturated rings. The molecule has 2 heterocycles. The summed E-state index contributed by atoms with van der Waals surface area (Å²) in [6.07, 6.45) is 0.358. The summed E-state index contributed by atoms with van der Waals surface area (Å²) in [6.45, 7) is 2.53. The number of nitrogens with zero attached hydrogens (tertiary/aromatic N) is 3. The maximum absolute atomic E-state index is 12.8. The van der Waals surface area contributed by atoms with Crippen LogP contribution in [0, 0.1) is 6.92 Å².